The zero-order valence-corrected chi connectivity index (χ0v) is 15.8. The Balaban J connectivity index is 1.82. The maximum Gasteiger partial charge on any atom is 0.311 e. The quantitative estimate of drug-likeness (QED) is 0.877. The number of carbonyl (C=O) groups is 1. The van der Waals surface area contributed by atoms with E-state index >= 15 is 0 Å². The molecule has 1 saturated carbocycles. The molecule has 2 fully saturated rings. The largest absolute Gasteiger partial charge is 0.496 e. The van der Waals surface area contributed by atoms with Gasteiger partial charge in [0.1, 0.15) is 5.75 Å². The van der Waals surface area contributed by atoms with Crippen molar-refractivity contribution in [1.82, 2.24) is 5.32 Å². The van der Waals surface area contributed by atoms with Gasteiger partial charge < -0.3 is 15.2 Å². The maximum absolute atomic E-state index is 12.6. The van der Waals surface area contributed by atoms with E-state index in [0.29, 0.717) is 6.54 Å². The van der Waals surface area contributed by atoms with Gasteiger partial charge in [-0.1, -0.05) is 36.4 Å². The fourth-order valence-corrected chi connectivity index (χ4v) is 6.51. The van der Waals surface area contributed by atoms with E-state index in [1.807, 2.05) is 6.07 Å². The van der Waals surface area contributed by atoms with Gasteiger partial charge >= 0.3 is 5.97 Å². The first-order valence-electron chi connectivity index (χ1n) is 9.74. The van der Waals surface area contributed by atoms with Gasteiger partial charge in [0.25, 0.3) is 0 Å². The van der Waals surface area contributed by atoms with E-state index in [1.165, 1.54) is 16.7 Å². The normalized spacial score (nSPS) is 33.4. The van der Waals surface area contributed by atoms with Crippen molar-refractivity contribution in [2.75, 3.05) is 20.2 Å². The number of hydrogen-bond acceptors (Lipinski definition) is 3. The van der Waals surface area contributed by atoms with Crippen LogP contribution in [0.15, 0.2) is 42.5 Å². The summed E-state index contributed by atoms with van der Waals surface area (Å²) >= 11 is 0. The molecule has 1 saturated heterocycles. The fraction of sp³-hybridized carbons (Fsp3) is 0.435. The third-order valence-corrected chi connectivity index (χ3v) is 7.56. The molecule has 140 valence electrons. The van der Waals surface area contributed by atoms with Crippen LogP contribution in [0.5, 0.6) is 5.75 Å². The van der Waals surface area contributed by atoms with Crippen molar-refractivity contribution in [3.8, 4) is 5.75 Å². The van der Waals surface area contributed by atoms with Crippen molar-refractivity contribution in [2.45, 2.75) is 31.1 Å². The maximum atomic E-state index is 12.6. The Hall–Kier alpha value is -2.33. The fourth-order valence-electron chi connectivity index (χ4n) is 6.51. The lowest BCUT2D eigenvalue weighted by Crippen LogP contribution is -2.60. The zero-order valence-electron chi connectivity index (χ0n) is 15.8. The third-order valence-electron chi connectivity index (χ3n) is 7.56. The van der Waals surface area contributed by atoms with Gasteiger partial charge in [0.15, 0.2) is 0 Å². The molecule has 4 heteroatoms. The third kappa shape index (κ3) is 1.89. The average Bonchev–Trinajstić information content (AvgIpc) is 3.16. The molecule has 4 atom stereocenters. The van der Waals surface area contributed by atoms with Gasteiger partial charge in [-0.25, -0.2) is 0 Å². The molecule has 4 aliphatic rings. The number of carboxylic acid groups (broad SMARTS) is 1. The molecule has 0 radical (unpaired) electrons. The Morgan fingerprint density at radius 3 is 2.81 bits per heavy atom. The summed E-state index contributed by atoms with van der Waals surface area (Å²) in [6, 6.07) is 14.9. The molecule has 2 aromatic carbocycles. The Morgan fingerprint density at radius 2 is 2.07 bits per heavy atom. The number of aliphatic carboxylic acids is 1. The first-order valence-corrected chi connectivity index (χ1v) is 9.74. The number of methoxy groups -OCH3 is 1. The van der Waals surface area contributed by atoms with Crippen LogP contribution in [0, 0.1) is 18.3 Å². The lowest BCUT2D eigenvalue weighted by atomic mass is 9.42. The number of nitrogens with one attached hydrogen (secondary N) is 1. The van der Waals surface area contributed by atoms with Crippen molar-refractivity contribution < 1.29 is 14.6 Å². The molecule has 27 heavy (non-hydrogen) atoms. The van der Waals surface area contributed by atoms with Gasteiger partial charge in [0.2, 0.25) is 0 Å². The minimum Gasteiger partial charge on any atom is -0.496 e. The van der Waals surface area contributed by atoms with E-state index in [4.69, 9.17) is 4.74 Å². The summed E-state index contributed by atoms with van der Waals surface area (Å²) in [4.78, 5) is 12.6. The number of fused-ring (bicyclic) bond motifs is 1. The molecule has 0 amide bonds. The predicted molar refractivity (Wildman–Crippen MR) is 103 cm³/mol. The first-order chi connectivity index (χ1) is 13.1. The SMILES string of the molecule is COc1ccc(C23CCC(c4ccccc42)C2(C(=O)O)CNCC32)cc1C. The van der Waals surface area contributed by atoms with Gasteiger partial charge in [-0.2, -0.15) is 0 Å². The summed E-state index contributed by atoms with van der Waals surface area (Å²) < 4.78 is 5.47. The molecule has 4 unspecified atom stereocenters. The molecule has 0 aromatic heterocycles. The predicted octanol–water partition coefficient (Wildman–Crippen LogP) is 3.47. The Labute approximate surface area is 159 Å². The summed E-state index contributed by atoms with van der Waals surface area (Å²) in [5.74, 6) is 0.379. The van der Waals surface area contributed by atoms with Gasteiger partial charge in [-0.05, 0) is 48.1 Å². The van der Waals surface area contributed by atoms with Crippen LogP contribution in [0.25, 0.3) is 0 Å². The second kappa shape index (κ2) is 5.59. The summed E-state index contributed by atoms with van der Waals surface area (Å²) in [5, 5.41) is 13.8. The first kappa shape index (κ1) is 16.8. The summed E-state index contributed by atoms with van der Waals surface area (Å²) in [5.41, 5.74) is 3.91. The van der Waals surface area contributed by atoms with Crippen molar-refractivity contribution in [3.63, 3.8) is 0 Å². The van der Waals surface area contributed by atoms with Crippen molar-refractivity contribution in [1.29, 1.82) is 0 Å². The number of carboxylic acids is 1. The molecule has 3 aliphatic carbocycles. The van der Waals surface area contributed by atoms with Crippen LogP contribution in [-0.2, 0) is 10.2 Å². The number of rotatable bonds is 3. The van der Waals surface area contributed by atoms with Crippen LogP contribution in [0.4, 0.5) is 0 Å². The minimum absolute atomic E-state index is 0.0592. The molecule has 6 rings (SSSR count). The van der Waals surface area contributed by atoms with Crippen molar-refractivity contribution in [2.24, 2.45) is 11.3 Å². The Kier molecular flexibility index (Phi) is 3.48. The lowest BCUT2D eigenvalue weighted by molar-refractivity contribution is -0.157. The monoisotopic (exact) mass is 363 g/mol. The molecule has 2 bridgehead atoms. The molecular weight excluding hydrogens is 338 g/mol. The molecule has 0 spiro atoms. The lowest BCUT2D eigenvalue weighted by Gasteiger charge is -2.59. The van der Waals surface area contributed by atoms with Crippen LogP contribution in [-0.4, -0.2) is 31.3 Å². The zero-order chi connectivity index (χ0) is 18.8. The summed E-state index contributed by atoms with van der Waals surface area (Å²) in [6.45, 7) is 3.38. The highest BCUT2D eigenvalue weighted by molar-refractivity contribution is 5.80. The van der Waals surface area contributed by atoms with Gasteiger partial charge in [-0.3, -0.25) is 4.79 Å². The van der Waals surface area contributed by atoms with E-state index in [2.05, 4.69) is 48.6 Å². The minimum atomic E-state index is -0.722. The smallest absolute Gasteiger partial charge is 0.311 e. The number of hydrogen-bond donors (Lipinski definition) is 2. The van der Waals surface area contributed by atoms with Crippen LogP contribution >= 0.6 is 0 Å². The van der Waals surface area contributed by atoms with E-state index in [0.717, 1.165) is 30.7 Å². The Morgan fingerprint density at radius 1 is 1.26 bits per heavy atom. The van der Waals surface area contributed by atoms with E-state index < -0.39 is 11.4 Å². The van der Waals surface area contributed by atoms with E-state index in [1.54, 1.807) is 7.11 Å². The Bertz CT molecular complexity index is 939. The second-order valence-electron chi connectivity index (χ2n) is 8.36. The number of benzene rings is 2. The number of ether oxygens (including phenoxy) is 1. The average molecular weight is 363 g/mol. The summed E-state index contributed by atoms with van der Waals surface area (Å²) in [6.07, 6.45) is 1.92. The molecular formula is C23H25NO3. The number of aryl methyl sites for hydroxylation is 1. The highest BCUT2D eigenvalue weighted by Gasteiger charge is 2.68. The van der Waals surface area contributed by atoms with Crippen molar-refractivity contribution in [3.05, 3.63) is 64.7 Å². The molecule has 2 aromatic rings. The van der Waals surface area contributed by atoms with E-state index in [-0.39, 0.29) is 17.3 Å². The highest BCUT2D eigenvalue weighted by atomic mass is 16.5. The van der Waals surface area contributed by atoms with Crippen LogP contribution < -0.4 is 10.1 Å². The van der Waals surface area contributed by atoms with E-state index in [9.17, 15) is 9.90 Å². The van der Waals surface area contributed by atoms with Crippen LogP contribution in [0.1, 0.15) is 41.0 Å². The molecule has 4 nitrogen and oxygen atoms in total. The standard InChI is InChI=1S/C23H25NO3/c1-14-11-15(7-8-19(14)27-2)22-10-9-18(16-5-3-4-6-17(16)22)23(21(25)26)13-24-12-20(22)23/h3-8,11,18,20,24H,9-10,12-13H2,1-2H3,(H,25,26). The van der Waals surface area contributed by atoms with Gasteiger partial charge in [0, 0.05) is 30.3 Å². The van der Waals surface area contributed by atoms with Crippen molar-refractivity contribution >= 4 is 5.97 Å². The van der Waals surface area contributed by atoms with Crippen LogP contribution in [0.2, 0.25) is 0 Å². The topological polar surface area (TPSA) is 58.6 Å². The van der Waals surface area contributed by atoms with Crippen LogP contribution in [0.3, 0.4) is 0 Å². The molecule has 1 heterocycles. The second-order valence-corrected chi connectivity index (χ2v) is 8.36. The highest BCUT2D eigenvalue weighted by Crippen LogP contribution is 2.67. The molecule has 1 aliphatic heterocycles. The van der Waals surface area contributed by atoms with Gasteiger partial charge in [-0.15, -0.1) is 0 Å². The van der Waals surface area contributed by atoms with Gasteiger partial charge in [0.05, 0.1) is 12.5 Å². The summed E-state index contributed by atoms with van der Waals surface area (Å²) in [7, 11) is 1.69. The molecule has 2 N–H and O–H groups in total.